The quantitative estimate of drug-likeness (QED) is 0.0351. The first kappa shape index (κ1) is 79.7. The van der Waals surface area contributed by atoms with Crippen molar-refractivity contribution in [3.8, 4) is 0 Å². The molecule has 0 fully saturated rings. The molecule has 0 atom stereocenters. The number of para-hydroxylation sites is 6. The van der Waals surface area contributed by atoms with E-state index in [-0.39, 0.29) is 17.3 Å². The third kappa shape index (κ3) is 14.5. The Labute approximate surface area is 728 Å². The number of furan rings is 3. The summed E-state index contributed by atoms with van der Waals surface area (Å²) >= 11 is 0. The van der Waals surface area contributed by atoms with Crippen molar-refractivity contribution in [3.63, 3.8) is 0 Å². The number of benzene rings is 18. The Hall–Kier alpha value is -16.1. The third-order valence-electron chi connectivity index (χ3n) is 24.1. The zero-order valence-electron chi connectivity index (χ0n) is 71.2. The Bertz CT molecular complexity index is 7950. The van der Waals surface area contributed by atoms with E-state index < -0.39 is 0 Å². The lowest BCUT2D eigenvalue weighted by molar-refractivity contribution is -0.112. The Morgan fingerprint density at radius 1 is 0.230 bits per heavy atom. The van der Waals surface area contributed by atoms with Crippen LogP contribution >= 0.6 is 0 Å². The number of fused-ring (bicyclic) bond motifs is 17. The Morgan fingerprint density at radius 2 is 0.563 bits per heavy atom. The first-order chi connectivity index (χ1) is 61.6. The van der Waals surface area contributed by atoms with Gasteiger partial charge in [-0.15, -0.1) is 0 Å². The third-order valence-corrected chi connectivity index (χ3v) is 24.1. The van der Waals surface area contributed by atoms with Crippen LogP contribution in [0.5, 0.6) is 0 Å². The number of methoxy groups -OCH3 is 3. The van der Waals surface area contributed by atoms with Crippen molar-refractivity contribution < 1.29 is 41.8 Å². The number of hydrogen-bond donors (Lipinski definition) is 0. The fourth-order valence-electron chi connectivity index (χ4n) is 18.2. The van der Waals surface area contributed by atoms with Gasteiger partial charge in [-0.25, -0.2) is 0 Å². The molecule has 12 heteroatoms. The van der Waals surface area contributed by atoms with Gasteiger partial charge in [0.1, 0.15) is 50.8 Å². The van der Waals surface area contributed by atoms with Crippen LogP contribution < -0.4 is 14.7 Å². The molecule has 0 aliphatic heterocycles. The van der Waals surface area contributed by atoms with Crippen LogP contribution in [0.4, 0.5) is 51.2 Å². The minimum absolute atomic E-state index is 0.0232. The van der Waals surface area contributed by atoms with Crippen molar-refractivity contribution in [2.45, 2.75) is 41.5 Å². The summed E-state index contributed by atoms with van der Waals surface area (Å²) in [5, 5.41) is 19.2. The lowest BCUT2D eigenvalue weighted by Crippen LogP contribution is -2.12. The van der Waals surface area contributed by atoms with Crippen molar-refractivity contribution in [2.24, 2.45) is 0 Å². The number of nitrogens with zero attached hydrogens (tertiary/aromatic N) is 3. The highest BCUT2D eigenvalue weighted by Gasteiger charge is 2.29. The molecule has 0 saturated heterocycles. The molecule has 0 amide bonds. The summed E-state index contributed by atoms with van der Waals surface area (Å²) in [5.41, 5.74) is 18.7. The summed E-state index contributed by atoms with van der Waals surface area (Å²) in [5.74, 6) is 1.73. The second-order valence-electron chi connectivity index (χ2n) is 31.5. The maximum atomic E-state index is 13.1. The summed E-state index contributed by atoms with van der Waals surface area (Å²) in [6.45, 7) is 10.3. The van der Waals surface area contributed by atoms with Crippen molar-refractivity contribution >= 4 is 216 Å². The van der Waals surface area contributed by atoms with E-state index in [2.05, 4.69) is 263 Å². The monoisotopic (exact) mass is 1640 g/mol. The van der Waals surface area contributed by atoms with Gasteiger partial charge in [-0.2, -0.15) is 0 Å². The molecule has 0 unspecified atom stereocenters. The van der Waals surface area contributed by atoms with E-state index in [4.69, 9.17) is 27.5 Å². The molecule has 21 aromatic rings. The minimum Gasteiger partial charge on any atom is -0.501 e. The molecule has 126 heavy (non-hydrogen) atoms. The summed E-state index contributed by atoms with van der Waals surface area (Å²) in [6, 6.07) is 125. The van der Waals surface area contributed by atoms with E-state index in [1.807, 2.05) is 136 Å². The van der Waals surface area contributed by atoms with Gasteiger partial charge < -0.3 is 42.2 Å². The molecular weight excluding hydrogens is 1560 g/mol. The van der Waals surface area contributed by atoms with Crippen molar-refractivity contribution in [1.82, 2.24) is 0 Å². The number of carbonyl (C=O) groups excluding carboxylic acids is 3. The molecule has 0 spiro atoms. The van der Waals surface area contributed by atoms with Crippen LogP contribution in [-0.2, 0) is 28.6 Å². The van der Waals surface area contributed by atoms with Crippen LogP contribution in [0.25, 0.3) is 147 Å². The molecule has 12 nitrogen and oxygen atoms in total. The molecule has 0 saturated carbocycles. The van der Waals surface area contributed by atoms with Crippen molar-refractivity contribution in [1.29, 1.82) is 0 Å². The number of allylic oxidation sites excluding steroid dienone is 6. The predicted octanol–water partition coefficient (Wildman–Crippen LogP) is 31.0. The van der Waals surface area contributed by atoms with E-state index >= 15 is 0 Å². The summed E-state index contributed by atoms with van der Waals surface area (Å²) < 4.78 is 35.6. The average Bonchev–Trinajstić information content (AvgIpc) is 1.21. The maximum absolute atomic E-state index is 13.1. The molecule has 612 valence electrons. The molecular formula is C114H87N3O9. The topological polar surface area (TPSA) is 128 Å². The molecule has 0 aliphatic carbocycles. The van der Waals surface area contributed by atoms with Gasteiger partial charge in [-0.3, -0.25) is 14.4 Å². The standard InChI is InChI=1S/C42H31NO3.C38H29NO3.C34H27NO3/c1-26(44)42(27(2)45-3)38-24-36-32-17-9-10-18-33(32)39(25-37(36)30-15-7-8-16-31(30)38)43(28-13-5-4-6-14-28)29-21-22-35-34-19-11-12-20-40(34)46-41(35)23-29;1-24(40)36(25(2)41-3)37-30-16-7-9-18-32(30)38(33-19-10-8-17-31(33)37)39(26-13-5-4-6-14-26)27-21-22-29-28-15-11-12-20-34(28)42-35(29)23-27;1-22(36)34(23(2)37-3)25-14-13-24-15-16-28(20-26(24)19-25)35(27-9-5-4-6-10-27)29-17-18-31-30-11-7-8-12-32(30)38-33(31)21-29/h4-25H,1-3H3;4-23H,1-3H3;4-21H,1-3H3/b42-27+;36-25+;34-23+. The highest BCUT2D eigenvalue weighted by atomic mass is 16.5. The van der Waals surface area contributed by atoms with Gasteiger partial charge >= 0.3 is 0 Å². The lowest BCUT2D eigenvalue weighted by atomic mass is 9.88. The molecule has 0 aliphatic rings. The van der Waals surface area contributed by atoms with Crippen LogP contribution in [0.15, 0.2) is 395 Å². The largest absolute Gasteiger partial charge is 0.501 e. The predicted molar refractivity (Wildman–Crippen MR) is 521 cm³/mol. The number of rotatable bonds is 18. The highest BCUT2D eigenvalue weighted by Crippen LogP contribution is 2.51. The van der Waals surface area contributed by atoms with Gasteiger partial charge in [-0.1, -0.05) is 224 Å². The minimum atomic E-state index is -0.0346. The van der Waals surface area contributed by atoms with Crippen molar-refractivity contribution in [2.75, 3.05) is 36.0 Å². The van der Waals surface area contributed by atoms with Gasteiger partial charge in [0.2, 0.25) is 0 Å². The highest BCUT2D eigenvalue weighted by molar-refractivity contribution is 6.32. The molecule has 0 bridgehead atoms. The zero-order chi connectivity index (χ0) is 86.4. The number of anilines is 9. The molecule has 0 radical (unpaired) electrons. The van der Waals surface area contributed by atoms with Crippen LogP contribution in [0.2, 0.25) is 0 Å². The fourth-order valence-corrected chi connectivity index (χ4v) is 18.2. The second kappa shape index (κ2) is 33.8. The average molecular weight is 1640 g/mol. The van der Waals surface area contributed by atoms with E-state index in [0.717, 1.165) is 198 Å². The summed E-state index contributed by atoms with van der Waals surface area (Å²) in [4.78, 5) is 45.4. The molecule has 21 rings (SSSR count). The Balaban J connectivity index is 0.000000124. The Morgan fingerprint density at radius 3 is 1.03 bits per heavy atom. The Kier molecular flexibility index (Phi) is 21.4. The fraction of sp³-hybridized carbons (Fsp3) is 0.0789. The lowest BCUT2D eigenvalue weighted by Gasteiger charge is -2.29. The molecule has 3 aromatic heterocycles. The second-order valence-corrected chi connectivity index (χ2v) is 31.5. The van der Waals surface area contributed by atoms with Crippen LogP contribution in [0.1, 0.15) is 58.2 Å². The number of Topliss-reactive ketones (excluding diaryl/α,β-unsaturated/α-hetero) is 3. The van der Waals surface area contributed by atoms with Crippen LogP contribution in [0, 0.1) is 0 Å². The van der Waals surface area contributed by atoms with E-state index in [0.29, 0.717) is 34.0 Å². The maximum Gasteiger partial charge on any atom is 0.163 e. The van der Waals surface area contributed by atoms with E-state index in [1.165, 1.54) is 0 Å². The van der Waals surface area contributed by atoms with Gasteiger partial charge in [0.25, 0.3) is 0 Å². The van der Waals surface area contributed by atoms with E-state index in [1.54, 1.807) is 42.1 Å². The number of ketones is 3. The summed E-state index contributed by atoms with van der Waals surface area (Å²) in [7, 11) is 4.82. The van der Waals surface area contributed by atoms with Gasteiger partial charge in [-0.05, 0) is 222 Å². The van der Waals surface area contributed by atoms with E-state index in [9.17, 15) is 14.4 Å². The number of hydrogen-bond acceptors (Lipinski definition) is 12. The van der Waals surface area contributed by atoms with Gasteiger partial charge in [0, 0.05) is 112 Å². The SMILES string of the molecule is CO/C(C)=C(\C(C)=O)c1c2ccccc2c(N(c2ccccc2)c2ccc3c(c2)oc2ccccc23)c2ccccc12.CO/C(C)=C(\C(C)=O)c1cc2c3ccccc3c(N(c3ccccc3)c3ccc4c(c3)oc3ccccc34)cc2c2ccccc12.CO/C(C)=C(\C(C)=O)c1ccc2ccc(N(c3ccccc3)c3ccc4c(c3)oc3ccccc34)cc2c1. The van der Waals surface area contributed by atoms with Gasteiger partial charge in [0.15, 0.2) is 17.3 Å². The molecule has 0 N–H and O–H groups in total. The first-order valence-electron chi connectivity index (χ1n) is 42.1. The van der Waals surface area contributed by atoms with Crippen LogP contribution in [0.3, 0.4) is 0 Å². The smallest absolute Gasteiger partial charge is 0.163 e. The number of ether oxygens (including phenoxy) is 3. The first-order valence-corrected chi connectivity index (χ1v) is 42.1. The van der Waals surface area contributed by atoms with Gasteiger partial charge in [0.05, 0.1) is 49.4 Å². The molecule has 3 heterocycles. The number of carbonyl (C=O) groups is 3. The normalized spacial score (nSPS) is 12.2. The summed E-state index contributed by atoms with van der Waals surface area (Å²) in [6.07, 6.45) is 0. The zero-order valence-corrected chi connectivity index (χ0v) is 71.2. The molecule has 18 aromatic carbocycles. The van der Waals surface area contributed by atoms with Crippen LogP contribution in [-0.4, -0.2) is 38.7 Å². The van der Waals surface area contributed by atoms with Crippen molar-refractivity contribution in [3.05, 3.63) is 398 Å².